The van der Waals surface area contributed by atoms with Gasteiger partial charge in [0.25, 0.3) is 10.2 Å². The highest BCUT2D eigenvalue weighted by molar-refractivity contribution is 7.87. The van der Waals surface area contributed by atoms with Crippen LogP contribution in [-0.2, 0) is 21.4 Å². The van der Waals surface area contributed by atoms with Crippen molar-refractivity contribution in [3.63, 3.8) is 0 Å². The lowest BCUT2D eigenvalue weighted by Crippen LogP contribution is -2.55. The van der Waals surface area contributed by atoms with E-state index in [1.165, 1.54) is 29.5 Å². The van der Waals surface area contributed by atoms with E-state index >= 15 is 0 Å². The van der Waals surface area contributed by atoms with Crippen LogP contribution in [0, 0.1) is 32.6 Å². The van der Waals surface area contributed by atoms with Gasteiger partial charge in [0.2, 0.25) is 5.91 Å². The number of carbonyl (C=O) groups is 1. The zero-order valence-electron chi connectivity index (χ0n) is 18.4. The Bertz CT molecular complexity index is 1080. The molecule has 0 radical (unpaired) electrons. The molecule has 7 nitrogen and oxygen atoms in total. The summed E-state index contributed by atoms with van der Waals surface area (Å²) >= 11 is 0. The zero-order chi connectivity index (χ0) is 21.8. The fourth-order valence-electron chi connectivity index (χ4n) is 5.22. The maximum Gasteiger partial charge on any atom is 0.279 e. The Morgan fingerprint density at radius 1 is 1.17 bits per heavy atom. The Balaban J connectivity index is 1.51. The summed E-state index contributed by atoms with van der Waals surface area (Å²) < 4.78 is 28.7. The van der Waals surface area contributed by atoms with Crippen molar-refractivity contribution in [1.29, 1.82) is 0 Å². The van der Waals surface area contributed by atoms with E-state index in [2.05, 4.69) is 35.7 Å². The Morgan fingerprint density at radius 2 is 1.80 bits per heavy atom. The molecular formula is C22H32N4O3S. The molecule has 30 heavy (non-hydrogen) atoms. The van der Waals surface area contributed by atoms with Crippen LogP contribution in [0.4, 0.5) is 0 Å². The summed E-state index contributed by atoms with van der Waals surface area (Å²) in [4.78, 5) is 18.6. The van der Waals surface area contributed by atoms with Crippen LogP contribution in [0.2, 0.25) is 0 Å². The van der Waals surface area contributed by atoms with Crippen LogP contribution in [0.15, 0.2) is 12.1 Å². The van der Waals surface area contributed by atoms with E-state index in [0.717, 1.165) is 35.0 Å². The summed E-state index contributed by atoms with van der Waals surface area (Å²) in [5, 5.41) is 1.13. The number of benzene rings is 1. The molecule has 1 saturated heterocycles. The van der Waals surface area contributed by atoms with Gasteiger partial charge in [-0.3, -0.25) is 4.79 Å². The molecule has 2 fully saturated rings. The SMILES string of the molecule is Cc1cc(C)c2[nH]c(C)c(CC(=O)N3C[C@H]4CC[C@@H](C3)C4NS(=O)(=O)N(C)C)c2c1. The standard InChI is InChI=1S/C22H32N4O3S/c1-13-8-14(2)21-19(9-13)18(15(3)23-21)10-20(27)26-11-16-6-7-17(12-26)22(16)24-30(28,29)25(4)5/h8-9,16-17,22-24H,6-7,10-12H2,1-5H3/t16-,17+,22?. The number of aromatic amines is 1. The summed E-state index contributed by atoms with van der Waals surface area (Å²) in [5.41, 5.74) is 5.62. The van der Waals surface area contributed by atoms with Gasteiger partial charge in [0.1, 0.15) is 0 Å². The summed E-state index contributed by atoms with van der Waals surface area (Å²) in [7, 11) is -0.390. The maximum atomic E-state index is 13.2. The quantitative estimate of drug-likeness (QED) is 0.760. The van der Waals surface area contributed by atoms with Crippen LogP contribution in [-0.4, -0.2) is 61.7 Å². The first-order valence-corrected chi connectivity index (χ1v) is 12.1. The molecule has 2 N–H and O–H groups in total. The van der Waals surface area contributed by atoms with Gasteiger partial charge in [0, 0.05) is 49.8 Å². The second-order valence-electron chi connectivity index (χ2n) is 9.24. The Labute approximate surface area is 179 Å². The van der Waals surface area contributed by atoms with Gasteiger partial charge in [-0.1, -0.05) is 11.6 Å². The molecule has 2 heterocycles. The topological polar surface area (TPSA) is 85.5 Å². The molecule has 3 atom stereocenters. The number of likely N-dealkylation sites (tertiary alicyclic amines) is 1. The number of rotatable bonds is 5. The van der Waals surface area contributed by atoms with Crippen molar-refractivity contribution in [3.8, 4) is 0 Å². The van der Waals surface area contributed by atoms with Crippen molar-refractivity contribution in [2.24, 2.45) is 11.8 Å². The van der Waals surface area contributed by atoms with Crippen LogP contribution >= 0.6 is 0 Å². The number of nitrogens with one attached hydrogen (secondary N) is 2. The van der Waals surface area contributed by atoms with Crippen molar-refractivity contribution in [3.05, 3.63) is 34.5 Å². The van der Waals surface area contributed by atoms with E-state index in [0.29, 0.717) is 19.5 Å². The first-order chi connectivity index (χ1) is 14.1. The molecule has 2 bridgehead atoms. The van der Waals surface area contributed by atoms with Crippen molar-refractivity contribution in [2.75, 3.05) is 27.2 Å². The second-order valence-corrected chi connectivity index (χ2v) is 11.2. The Morgan fingerprint density at radius 3 is 2.40 bits per heavy atom. The summed E-state index contributed by atoms with van der Waals surface area (Å²) in [6.45, 7) is 7.44. The highest BCUT2D eigenvalue weighted by atomic mass is 32.2. The van der Waals surface area contributed by atoms with Crippen LogP contribution in [0.25, 0.3) is 10.9 Å². The highest BCUT2D eigenvalue weighted by Gasteiger charge is 2.45. The molecule has 1 saturated carbocycles. The number of aryl methyl sites for hydroxylation is 3. The molecule has 1 aromatic carbocycles. The number of hydrogen-bond donors (Lipinski definition) is 2. The van der Waals surface area contributed by atoms with E-state index in [9.17, 15) is 13.2 Å². The molecule has 1 amide bonds. The average Bonchev–Trinajstić information content (AvgIpc) is 3.06. The fourth-order valence-corrected chi connectivity index (χ4v) is 6.16. The molecule has 4 rings (SSSR count). The molecule has 1 aliphatic carbocycles. The number of piperidine rings is 1. The smallest absolute Gasteiger partial charge is 0.279 e. The van der Waals surface area contributed by atoms with Crippen molar-refractivity contribution >= 4 is 27.0 Å². The minimum Gasteiger partial charge on any atom is -0.358 e. The second kappa shape index (κ2) is 7.66. The molecule has 1 unspecified atom stereocenters. The number of hydrogen-bond acceptors (Lipinski definition) is 3. The summed E-state index contributed by atoms with van der Waals surface area (Å²) in [6, 6.07) is 4.23. The maximum absolute atomic E-state index is 13.2. The van der Waals surface area contributed by atoms with Crippen molar-refractivity contribution in [1.82, 2.24) is 18.9 Å². The third-order valence-corrected chi connectivity index (χ3v) is 8.38. The van der Waals surface area contributed by atoms with Crippen LogP contribution in [0.1, 0.15) is 35.2 Å². The lowest BCUT2D eigenvalue weighted by molar-refractivity contribution is -0.132. The lowest BCUT2D eigenvalue weighted by Gasteiger charge is -2.38. The van der Waals surface area contributed by atoms with Gasteiger partial charge in [-0.2, -0.15) is 17.4 Å². The van der Waals surface area contributed by atoms with Crippen LogP contribution in [0.5, 0.6) is 0 Å². The third-order valence-electron chi connectivity index (χ3n) is 6.85. The molecule has 8 heteroatoms. The van der Waals surface area contributed by atoms with E-state index in [1.54, 1.807) is 0 Å². The van der Waals surface area contributed by atoms with E-state index in [1.807, 2.05) is 11.8 Å². The number of H-pyrrole nitrogens is 1. The summed E-state index contributed by atoms with van der Waals surface area (Å²) in [5.74, 6) is 0.482. The minimum atomic E-state index is -3.46. The van der Waals surface area contributed by atoms with Gasteiger partial charge in [-0.15, -0.1) is 0 Å². The van der Waals surface area contributed by atoms with Gasteiger partial charge in [-0.25, -0.2) is 0 Å². The zero-order valence-corrected chi connectivity index (χ0v) is 19.3. The molecule has 1 aliphatic heterocycles. The number of fused-ring (bicyclic) bond motifs is 3. The molecule has 164 valence electrons. The highest BCUT2D eigenvalue weighted by Crippen LogP contribution is 2.38. The predicted molar refractivity (Wildman–Crippen MR) is 119 cm³/mol. The van der Waals surface area contributed by atoms with E-state index in [-0.39, 0.29) is 23.8 Å². The molecule has 2 aromatic rings. The molecule has 1 aromatic heterocycles. The molecule has 0 spiro atoms. The van der Waals surface area contributed by atoms with Crippen LogP contribution < -0.4 is 4.72 Å². The first kappa shape index (κ1) is 21.3. The first-order valence-electron chi connectivity index (χ1n) is 10.6. The summed E-state index contributed by atoms with van der Waals surface area (Å²) in [6.07, 6.45) is 2.29. The average molecular weight is 433 g/mol. The van der Waals surface area contributed by atoms with Gasteiger partial charge in [-0.05, 0) is 62.6 Å². The van der Waals surface area contributed by atoms with E-state index in [4.69, 9.17) is 0 Å². The van der Waals surface area contributed by atoms with Crippen molar-refractivity contribution in [2.45, 2.75) is 46.1 Å². The Hall–Kier alpha value is -1.90. The monoisotopic (exact) mass is 432 g/mol. The molecule has 2 aliphatic rings. The van der Waals surface area contributed by atoms with Gasteiger partial charge in [0.15, 0.2) is 0 Å². The molecular weight excluding hydrogens is 400 g/mol. The normalized spacial score (nSPS) is 24.2. The Kier molecular flexibility index (Phi) is 5.45. The van der Waals surface area contributed by atoms with Crippen molar-refractivity contribution < 1.29 is 13.2 Å². The van der Waals surface area contributed by atoms with Gasteiger partial charge >= 0.3 is 0 Å². The number of nitrogens with zero attached hydrogens (tertiary/aromatic N) is 2. The van der Waals surface area contributed by atoms with E-state index < -0.39 is 10.2 Å². The van der Waals surface area contributed by atoms with Crippen LogP contribution in [0.3, 0.4) is 0 Å². The number of carbonyl (C=O) groups excluding carboxylic acids is 1. The number of amides is 1. The fraction of sp³-hybridized carbons (Fsp3) is 0.591. The lowest BCUT2D eigenvalue weighted by atomic mass is 9.92. The largest absolute Gasteiger partial charge is 0.358 e. The predicted octanol–water partition coefficient (Wildman–Crippen LogP) is 2.27. The van der Waals surface area contributed by atoms with Gasteiger partial charge < -0.3 is 9.88 Å². The minimum absolute atomic E-state index is 0.0819. The number of aromatic nitrogens is 1. The van der Waals surface area contributed by atoms with Gasteiger partial charge in [0.05, 0.1) is 6.42 Å². The third kappa shape index (κ3) is 3.76.